The molecule has 1 atom stereocenters. The van der Waals surface area contributed by atoms with E-state index in [2.05, 4.69) is 4.98 Å². The highest BCUT2D eigenvalue weighted by Gasteiger charge is 2.16. The van der Waals surface area contributed by atoms with E-state index < -0.39 is 11.2 Å². The summed E-state index contributed by atoms with van der Waals surface area (Å²) in [6, 6.07) is 3.26. The number of Topliss-reactive ketones (excluding diaryl/α,β-unsaturated/α-hetero) is 1. The number of ether oxygens (including phenoxy) is 1. The molecule has 1 heterocycles. The number of methoxy groups -OCH3 is 1. The van der Waals surface area contributed by atoms with Crippen LogP contribution >= 0.6 is 0 Å². The van der Waals surface area contributed by atoms with Gasteiger partial charge in [0.05, 0.1) is 18.9 Å². The Balaban J connectivity index is 2.88. The Morgan fingerprint density at radius 3 is 3.00 bits per heavy atom. The van der Waals surface area contributed by atoms with Crippen molar-refractivity contribution in [3.8, 4) is 5.88 Å². The van der Waals surface area contributed by atoms with Crippen LogP contribution in [-0.2, 0) is 11.2 Å². The Labute approximate surface area is 85.5 Å². The third kappa shape index (κ3) is 2.71. The van der Waals surface area contributed by atoms with Gasteiger partial charge in [-0.15, -0.1) is 0 Å². The second-order valence-electron chi connectivity index (χ2n) is 2.70. The van der Waals surface area contributed by atoms with E-state index >= 15 is 0 Å². The van der Waals surface area contributed by atoms with Crippen LogP contribution in [0.25, 0.3) is 0 Å². The van der Waals surface area contributed by atoms with Gasteiger partial charge in [0.15, 0.2) is 5.75 Å². The van der Waals surface area contributed by atoms with Crippen LogP contribution in [0.1, 0.15) is 10.4 Å². The highest BCUT2D eigenvalue weighted by atomic mass is 32.2. The van der Waals surface area contributed by atoms with Gasteiger partial charge in [0, 0.05) is 6.20 Å². The predicted molar refractivity (Wildman–Crippen MR) is 54.1 cm³/mol. The van der Waals surface area contributed by atoms with E-state index in [9.17, 15) is 9.35 Å². The second-order valence-corrected chi connectivity index (χ2v) is 4.14. The van der Waals surface area contributed by atoms with E-state index in [1.165, 1.54) is 13.4 Å². The molecule has 0 aromatic carbocycles. The number of carbonyl (C=O) groups excluding carboxylic acids is 1. The van der Waals surface area contributed by atoms with Gasteiger partial charge in [-0.2, -0.15) is 0 Å². The van der Waals surface area contributed by atoms with Gasteiger partial charge < -0.3 is 9.29 Å². The lowest BCUT2D eigenvalue weighted by atomic mass is 10.2. The summed E-state index contributed by atoms with van der Waals surface area (Å²) in [7, 11) is 1.45. The maximum atomic E-state index is 11.5. The lowest BCUT2D eigenvalue weighted by Crippen LogP contribution is -2.15. The van der Waals surface area contributed by atoms with Gasteiger partial charge in [0.25, 0.3) is 0 Å². The minimum absolute atomic E-state index is 0.00204. The van der Waals surface area contributed by atoms with Crippen molar-refractivity contribution in [2.45, 2.75) is 0 Å². The van der Waals surface area contributed by atoms with Gasteiger partial charge in [-0.1, -0.05) is 0 Å². The summed E-state index contributed by atoms with van der Waals surface area (Å²) in [4.78, 5) is 15.4. The highest BCUT2D eigenvalue weighted by molar-refractivity contribution is 7.91. The molecule has 0 fully saturated rings. The van der Waals surface area contributed by atoms with Crippen LogP contribution in [0.4, 0.5) is 0 Å². The van der Waals surface area contributed by atoms with Gasteiger partial charge >= 0.3 is 0 Å². The Morgan fingerprint density at radius 2 is 2.43 bits per heavy atom. The molecule has 1 aromatic heterocycles. The van der Waals surface area contributed by atoms with Crippen LogP contribution < -0.4 is 4.74 Å². The summed E-state index contributed by atoms with van der Waals surface area (Å²) >= 11 is -1.14. The first-order chi connectivity index (χ1) is 6.65. The number of aromatic nitrogens is 1. The second kappa shape index (κ2) is 4.97. The van der Waals surface area contributed by atoms with E-state index in [1.54, 1.807) is 18.3 Å². The number of rotatable bonds is 4. The Bertz CT molecular complexity index is 328. The number of carbonyl (C=O) groups is 1. The zero-order chi connectivity index (χ0) is 10.6. The average molecular weight is 213 g/mol. The fraction of sp³-hybridized carbons (Fsp3) is 0.333. The van der Waals surface area contributed by atoms with Gasteiger partial charge in [-0.25, -0.2) is 4.98 Å². The van der Waals surface area contributed by atoms with Crippen molar-refractivity contribution >= 4 is 17.0 Å². The standard InChI is InChI=1S/C9H11NO3S/c1-13-9-7(4-3-5-10-9)8(11)6-14(2)12/h3-5H,6H2,1-2H3. The number of ketones is 1. The molecule has 0 radical (unpaired) electrons. The molecule has 0 N–H and O–H groups in total. The van der Waals surface area contributed by atoms with E-state index in [0.29, 0.717) is 5.56 Å². The number of nitrogens with zero attached hydrogens (tertiary/aromatic N) is 1. The Hall–Kier alpha value is -1.07. The summed E-state index contributed by atoms with van der Waals surface area (Å²) in [5, 5.41) is 0. The van der Waals surface area contributed by atoms with Crippen molar-refractivity contribution in [3.05, 3.63) is 23.9 Å². The SMILES string of the molecule is COc1ncccc1C(=O)C[S+](C)[O-]. The molecule has 0 bridgehead atoms. The number of hydrogen-bond acceptors (Lipinski definition) is 4. The molecular weight excluding hydrogens is 202 g/mol. The van der Waals surface area contributed by atoms with Crippen LogP contribution in [0.5, 0.6) is 5.88 Å². The zero-order valence-electron chi connectivity index (χ0n) is 8.02. The molecule has 5 heteroatoms. The first-order valence-electron chi connectivity index (χ1n) is 3.97. The van der Waals surface area contributed by atoms with Gasteiger partial charge in [-0.3, -0.25) is 4.79 Å². The molecule has 4 nitrogen and oxygen atoms in total. The van der Waals surface area contributed by atoms with Crippen molar-refractivity contribution < 1.29 is 14.1 Å². The third-order valence-corrected chi connectivity index (χ3v) is 2.27. The quantitative estimate of drug-likeness (QED) is 0.544. The maximum Gasteiger partial charge on any atom is 0.224 e. The molecule has 1 aromatic rings. The largest absolute Gasteiger partial charge is 0.616 e. The molecule has 0 amide bonds. The minimum Gasteiger partial charge on any atom is -0.616 e. The van der Waals surface area contributed by atoms with E-state index in [4.69, 9.17) is 4.74 Å². The summed E-state index contributed by atoms with van der Waals surface area (Å²) < 4.78 is 15.8. The summed E-state index contributed by atoms with van der Waals surface area (Å²) in [5.74, 6) is 0.0703. The summed E-state index contributed by atoms with van der Waals surface area (Å²) in [6.07, 6.45) is 3.03. The van der Waals surface area contributed by atoms with E-state index in [-0.39, 0.29) is 17.4 Å². The van der Waals surface area contributed by atoms with Crippen LogP contribution in [0.3, 0.4) is 0 Å². The molecule has 14 heavy (non-hydrogen) atoms. The molecule has 76 valence electrons. The third-order valence-electron chi connectivity index (χ3n) is 1.60. The topological polar surface area (TPSA) is 62.2 Å². The van der Waals surface area contributed by atoms with Crippen LogP contribution in [0, 0.1) is 0 Å². The normalized spacial score (nSPS) is 12.2. The molecular formula is C9H11NO3S. The van der Waals surface area contributed by atoms with Crippen molar-refractivity contribution in [2.24, 2.45) is 0 Å². The lowest BCUT2D eigenvalue weighted by molar-refractivity contribution is 0.101. The number of hydrogen-bond donors (Lipinski definition) is 0. The minimum atomic E-state index is -1.14. The van der Waals surface area contributed by atoms with Crippen molar-refractivity contribution in [2.75, 3.05) is 19.1 Å². The van der Waals surface area contributed by atoms with Gasteiger partial charge in [0.1, 0.15) is 0 Å². The molecule has 1 rings (SSSR count). The zero-order valence-corrected chi connectivity index (χ0v) is 8.84. The van der Waals surface area contributed by atoms with Crippen LogP contribution in [-0.4, -0.2) is 34.4 Å². The monoisotopic (exact) mass is 213 g/mol. The fourth-order valence-corrected chi connectivity index (χ4v) is 1.55. The fourth-order valence-electron chi connectivity index (χ4n) is 1.03. The van der Waals surface area contributed by atoms with Crippen molar-refractivity contribution in [1.82, 2.24) is 4.98 Å². The van der Waals surface area contributed by atoms with Gasteiger partial charge in [0.2, 0.25) is 11.7 Å². The molecule has 0 aliphatic heterocycles. The molecule has 0 aliphatic carbocycles. The Kier molecular flexibility index (Phi) is 3.91. The first-order valence-corrected chi connectivity index (χ1v) is 5.70. The first kappa shape index (κ1) is 11.0. The Morgan fingerprint density at radius 1 is 1.71 bits per heavy atom. The molecule has 0 spiro atoms. The maximum absolute atomic E-state index is 11.5. The van der Waals surface area contributed by atoms with E-state index in [1.807, 2.05) is 0 Å². The predicted octanol–water partition coefficient (Wildman–Crippen LogP) is 0.651. The summed E-state index contributed by atoms with van der Waals surface area (Å²) in [6.45, 7) is 0. The van der Waals surface area contributed by atoms with Crippen molar-refractivity contribution in [1.29, 1.82) is 0 Å². The number of pyridine rings is 1. The van der Waals surface area contributed by atoms with Crippen LogP contribution in [0.2, 0.25) is 0 Å². The average Bonchev–Trinajstić information content (AvgIpc) is 2.16. The summed E-state index contributed by atoms with van der Waals surface area (Å²) in [5.41, 5.74) is 0.380. The van der Waals surface area contributed by atoms with Gasteiger partial charge in [-0.05, 0) is 23.3 Å². The van der Waals surface area contributed by atoms with Crippen LogP contribution in [0.15, 0.2) is 18.3 Å². The molecule has 0 aliphatic rings. The molecule has 1 unspecified atom stereocenters. The molecule has 0 saturated carbocycles. The van der Waals surface area contributed by atoms with Crippen molar-refractivity contribution in [3.63, 3.8) is 0 Å². The molecule has 0 saturated heterocycles. The lowest BCUT2D eigenvalue weighted by Gasteiger charge is -2.06. The highest BCUT2D eigenvalue weighted by Crippen LogP contribution is 2.14. The smallest absolute Gasteiger partial charge is 0.224 e. The van der Waals surface area contributed by atoms with E-state index in [0.717, 1.165) is 0 Å².